The van der Waals surface area contributed by atoms with Gasteiger partial charge < -0.3 is 11.8 Å². The Hall–Kier alpha value is -0.940. The highest BCUT2D eigenvalue weighted by Crippen LogP contribution is 1.90. The highest BCUT2D eigenvalue weighted by Gasteiger charge is 1.74. The Morgan fingerprint density at radius 2 is 1.50 bits per heavy atom. The Morgan fingerprint density at radius 1 is 1.00 bits per heavy atom. The van der Waals surface area contributed by atoms with Gasteiger partial charge in [-0.1, -0.05) is 6.07 Å². The topological polar surface area (TPSA) is 23.8 Å². The van der Waals surface area contributed by atoms with Gasteiger partial charge in [-0.25, -0.2) is 0 Å². The molecule has 0 aliphatic carbocycles. The maximum absolute atomic E-state index is 6.25. The van der Waals surface area contributed by atoms with Crippen molar-refractivity contribution in [3.63, 3.8) is 0 Å². The van der Waals surface area contributed by atoms with Crippen LogP contribution < -0.4 is 0 Å². The largest absolute Gasteiger partial charge is 0.512 e. The van der Waals surface area contributed by atoms with Crippen molar-refractivity contribution in [1.82, 2.24) is 0 Å². The Bertz CT molecular complexity index is 109. The molecule has 0 radical (unpaired) electrons. The van der Waals surface area contributed by atoms with Crippen molar-refractivity contribution in [3.8, 4) is 0 Å². The number of nitrogens with zero attached hydrogens (tertiary/aromatic N) is 1. The third-order valence-electron chi connectivity index (χ3n) is 0.536. The molecule has 0 atom stereocenters. The average molecular weight is 123 g/mol. The van der Waals surface area contributed by atoms with Crippen LogP contribution in [0.4, 0.5) is 0 Å². The Labute approximate surface area is 52.8 Å². The van der Waals surface area contributed by atoms with E-state index in [9.17, 15) is 0 Å². The van der Waals surface area contributed by atoms with Crippen LogP contribution in [-0.4, -0.2) is 0 Å². The molecule has 0 saturated carbocycles. The van der Waals surface area contributed by atoms with Gasteiger partial charge in [0.1, 0.15) is 0 Å². The monoisotopic (exact) mass is 123 g/mol. The van der Waals surface area contributed by atoms with Gasteiger partial charge in [-0.15, -0.1) is 0 Å². The van der Waals surface area contributed by atoms with Gasteiger partial charge in [0.25, 0.3) is 0 Å². The molecule has 0 amide bonds. The summed E-state index contributed by atoms with van der Waals surface area (Å²) >= 11 is 1.70. The quantitative estimate of drug-likeness (QED) is 0.383. The van der Waals surface area contributed by atoms with Crippen LogP contribution in [0.1, 0.15) is 0 Å². The fourth-order valence-electron chi connectivity index (χ4n) is 0.291. The van der Waals surface area contributed by atoms with E-state index in [1.807, 2.05) is 29.0 Å². The van der Waals surface area contributed by atoms with Crippen molar-refractivity contribution >= 4 is 11.3 Å². The second-order valence-electron chi connectivity index (χ2n) is 0.986. The molecule has 40 valence electrons. The van der Waals surface area contributed by atoms with Crippen LogP contribution >= 0.6 is 11.3 Å². The summed E-state index contributed by atoms with van der Waals surface area (Å²) in [4.78, 5) is 0. The van der Waals surface area contributed by atoms with Crippen molar-refractivity contribution in [2.24, 2.45) is 0 Å². The summed E-state index contributed by atoms with van der Waals surface area (Å²) in [6.45, 7) is 4.75. The predicted octanol–water partition coefficient (Wildman–Crippen LogP) is 2.13. The molecule has 2 heteroatoms. The first-order valence-corrected chi connectivity index (χ1v) is 2.97. The lowest BCUT2D eigenvalue weighted by Gasteiger charge is -1.56. The zero-order valence-corrected chi connectivity index (χ0v) is 5.06. The normalized spacial score (nSPS) is 6.25. The molecule has 1 rings (SSSR count). The van der Waals surface area contributed by atoms with Gasteiger partial charge in [-0.05, 0) is 12.1 Å². The van der Waals surface area contributed by atoms with Crippen molar-refractivity contribution in [3.05, 3.63) is 35.5 Å². The second-order valence-corrected chi connectivity index (χ2v) is 1.80. The van der Waals surface area contributed by atoms with Crippen LogP contribution in [0.2, 0.25) is 0 Å². The summed E-state index contributed by atoms with van der Waals surface area (Å²) in [5, 5.41) is 10.3. The molecule has 0 bridgehead atoms. The molecule has 0 aliphatic rings. The highest BCUT2D eigenvalue weighted by molar-refractivity contribution is 7.07. The van der Waals surface area contributed by atoms with Gasteiger partial charge in [0.15, 0.2) is 10.8 Å². The molecule has 0 N–H and O–H groups in total. The maximum atomic E-state index is 6.25. The molecule has 0 unspecified atom stereocenters. The van der Waals surface area contributed by atoms with Gasteiger partial charge in [0.2, 0.25) is 11.3 Å². The first kappa shape index (κ1) is 7.06. The lowest BCUT2D eigenvalue weighted by Crippen LogP contribution is -1.41. The third-order valence-corrected chi connectivity index (χ3v) is 1.17. The van der Waals surface area contributed by atoms with E-state index >= 15 is 0 Å². The number of rotatable bonds is 0. The van der Waals surface area contributed by atoms with Crippen LogP contribution in [0, 0.1) is 11.8 Å². The Morgan fingerprint density at radius 3 is 1.62 bits per heavy atom. The molecule has 0 fully saturated rings. The Kier molecular flexibility index (Phi) is 5.35. The molecule has 0 aromatic carbocycles. The number of hydrogen-bond donors (Lipinski definition) is 0. The molecule has 1 nitrogen and oxygen atoms in total. The number of hydrogen-bond acceptors (Lipinski definition) is 1. The van der Waals surface area contributed by atoms with Crippen LogP contribution in [0.25, 0.3) is 0 Å². The lowest BCUT2D eigenvalue weighted by molar-refractivity contribution is 1.53. The van der Waals surface area contributed by atoms with Crippen molar-refractivity contribution in [2.45, 2.75) is 0 Å². The minimum atomic E-state index is 1.70. The standard InChI is InChI=1S/C5H5S.CN/c1-2-4-6-5-3-1;1-2/h1-5H;/q+1;-1. The summed E-state index contributed by atoms with van der Waals surface area (Å²) in [7, 11) is 0. The van der Waals surface area contributed by atoms with E-state index in [1.165, 1.54) is 0 Å². The van der Waals surface area contributed by atoms with Gasteiger partial charge in [-0.2, -0.15) is 0 Å². The van der Waals surface area contributed by atoms with Crippen LogP contribution in [0.15, 0.2) is 29.0 Å². The van der Waals surface area contributed by atoms with E-state index < -0.39 is 0 Å². The molecule has 0 saturated heterocycles. The zero-order valence-electron chi connectivity index (χ0n) is 4.24. The van der Waals surface area contributed by atoms with Crippen LogP contribution in [0.3, 0.4) is 0 Å². The molecule has 1 aromatic heterocycles. The minimum Gasteiger partial charge on any atom is -0.512 e. The van der Waals surface area contributed by atoms with E-state index in [1.54, 1.807) is 11.3 Å². The van der Waals surface area contributed by atoms with Gasteiger partial charge in [-0.3, -0.25) is 0 Å². The summed E-state index contributed by atoms with van der Waals surface area (Å²) in [5.74, 6) is 0. The van der Waals surface area contributed by atoms with E-state index in [4.69, 9.17) is 11.8 Å². The van der Waals surface area contributed by atoms with Crippen molar-refractivity contribution in [1.29, 1.82) is 5.26 Å². The molecule has 1 heterocycles. The molecule has 0 spiro atoms. The minimum absolute atomic E-state index is 1.70. The molecular weight excluding hydrogens is 118 g/mol. The molecule has 8 heavy (non-hydrogen) atoms. The average Bonchev–Trinajstić information content (AvgIpc) is 1.96. The molecular formula is C6H5NS. The van der Waals surface area contributed by atoms with E-state index in [0.717, 1.165) is 0 Å². The van der Waals surface area contributed by atoms with Gasteiger partial charge in [0.05, 0.1) is 0 Å². The van der Waals surface area contributed by atoms with E-state index in [2.05, 4.69) is 0 Å². The molecule has 1 aromatic rings. The van der Waals surface area contributed by atoms with Gasteiger partial charge in [0, 0.05) is 0 Å². The van der Waals surface area contributed by atoms with Crippen molar-refractivity contribution in [2.75, 3.05) is 0 Å². The zero-order chi connectivity index (χ0) is 6.24. The summed E-state index contributed by atoms with van der Waals surface area (Å²) in [5.41, 5.74) is 0. The third kappa shape index (κ3) is 3.26. The fraction of sp³-hybridized carbons (Fsp3) is 0. The summed E-state index contributed by atoms with van der Waals surface area (Å²) < 4.78 is 0. The Balaban J connectivity index is 0.000000222. The first-order valence-electron chi connectivity index (χ1n) is 2.03. The lowest BCUT2D eigenvalue weighted by atomic mass is 10.6. The van der Waals surface area contributed by atoms with Crippen molar-refractivity contribution < 1.29 is 0 Å². The van der Waals surface area contributed by atoms with E-state index in [0.29, 0.717) is 0 Å². The highest BCUT2D eigenvalue weighted by atomic mass is 32.1. The van der Waals surface area contributed by atoms with E-state index in [-0.39, 0.29) is 0 Å². The first-order chi connectivity index (χ1) is 4.00. The second kappa shape index (κ2) is 6.06. The maximum Gasteiger partial charge on any atom is 0.211 e. The van der Waals surface area contributed by atoms with Gasteiger partial charge >= 0.3 is 0 Å². The smallest absolute Gasteiger partial charge is 0.211 e. The summed E-state index contributed by atoms with van der Waals surface area (Å²) in [6.07, 6.45) is 0. The SMILES string of the molecule is [C-]#N.c1cc[s+]cc1. The van der Waals surface area contributed by atoms with Crippen LogP contribution in [-0.2, 0) is 0 Å². The predicted molar refractivity (Wildman–Crippen MR) is 33.7 cm³/mol. The summed E-state index contributed by atoms with van der Waals surface area (Å²) in [6, 6.07) is 6.05. The fourth-order valence-corrected chi connectivity index (χ4v) is 0.745. The molecule has 0 aliphatic heterocycles. The van der Waals surface area contributed by atoms with Crippen LogP contribution in [0.5, 0.6) is 0 Å².